The number of fused-ring (bicyclic) bond motifs is 2. The van der Waals surface area contributed by atoms with Crippen molar-refractivity contribution in [1.29, 1.82) is 0 Å². The average molecular weight is 413 g/mol. The number of halogens is 1. The van der Waals surface area contributed by atoms with E-state index in [-0.39, 0.29) is 16.9 Å². The van der Waals surface area contributed by atoms with E-state index in [1.54, 1.807) is 0 Å². The van der Waals surface area contributed by atoms with E-state index in [0.29, 0.717) is 12.2 Å². The van der Waals surface area contributed by atoms with Crippen molar-refractivity contribution in [1.82, 2.24) is 19.4 Å². The van der Waals surface area contributed by atoms with Crippen LogP contribution in [0.25, 0.3) is 11.0 Å². The van der Waals surface area contributed by atoms with Crippen LogP contribution in [0.15, 0.2) is 30.7 Å². The maximum atomic E-state index is 14.5. The number of benzene rings is 1. The lowest BCUT2D eigenvalue weighted by molar-refractivity contribution is -0.0168. The normalized spacial score (nSPS) is 26.8. The van der Waals surface area contributed by atoms with Crippen molar-refractivity contribution >= 4 is 16.9 Å². The highest BCUT2D eigenvalue weighted by Crippen LogP contribution is 2.38. The van der Waals surface area contributed by atoms with Gasteiger partial charge in [0.15, 0.2) is 5.82 Å². The number of hydrogen-bond acceptors (Lipinski definition) is 7. The summed E-state index contributed by atoms with van der Waals surface area (Å²) < 4.78 is 22.2. The van der Waals surface area contributed by atoms with Gasteiger partial charge in [-0.05, 0) is 25.1 Å². The largest absolute Gasteiger partial charge is 0.487 e. The van der Waals surface area contributed by atoms with Gasteiger partial charge in [0.25, 0.3) is 0 Å². The first kappa shape index (κ1) is 19.2. The molecule has 1 aliphatic heterocycles. The van der Waals surface area contributed by atoms with Crippen LogP contribution in [-0.4, -0.2) is 61.6 Å². The molecule has 0 unspecified atom stereocenters. The van der Waals surface area contributed by atoms with Crippen LogP contribution in [0.3, 0.4) is 0 Å². The Morgan fingerprint density at radius 3 is 2.90 bits per heavy atom. The Bertz CT molecular complexity index is 1100. The molecule has 4 N–H and O–H groups in total. The number of ether oxygens (including phenoxy) is 1. The number of nitrogens with zero attached hydrogens (tertiary/aromatic N) is 4. The molecule has 0 amide bonds. The second-order valence-corrected chi connectivity index (χ2v) is 8.16. The third-order valence-electron chi connectivity index (χ3n) is 6.25. The Labute approximate surface area is 172 Å². The van der Waals surface area contributed by atoms with E-state index in [0.717, 1.165) is 25.1 Å². The molecule has 0 saturated heterocycles. The van der Waals surface area contributed by atoms with Crippen LogP contribution in [0, 0.1) is 5.82 Å². The predicted molar refractivity (Wildman–Crippen MR) is 108 cm³/mol. The summed E-state index contributed by atoms with van der Waals surface area (Å²) in [6.45, 7) is 1.75. The van der Waals surface area contributed by atoms with Crippen LogP contribution in [0.5, 0.6) is 5.75 Å². The van der Waals surface area contributed by atoms with Gasteiger partial charge < -0.3 is 30.2 Å². The Kier molecular flexibility index (Phi) is 4.61. The number of nitrogen functional groups attached to an aromatic ring is 1. The summed E-state index contributed by atoms with van der Waals surface area (Å²) in [5, 5.41) is 21.5. The van der Waals surface area contributed by atoms with Crippen LogP contribution in [-0.2, 0) is 13.0 Å². The van der Waals surface area contributed by atoms with Crippen LogP contribution >= 0.6 is 0 Å². The van der Waals surface area contributed by atoms with E-state index in [1.165, 1.54) is 22.7 Å². The van der Waals surface area contributed by atoms with Crippen molar-refractivity contribution in [3.63, 3.8) is 0 Å². The summed E-state index contributed by atoms with van der Waals surface area (Å²) in [6.07, 6.45) is 0.856. The highest BCUT2D eigenvalue weighted by molar-refractivity contribution is 5.86. The number of rotatable bonds is 3. The molecule has 3 heterocycles. The molecule has 0 spiro atoms. The Balaban J connectivity index is 1.45. The molecule has 158 valence electrons. The summed E-state index contributed by atoms with van der Waals surface area (Å²) >= 11 is 0. The minimum atomic E-state index is -1.14. The van der Waals surface area contributed by atoms with E-state index >= 15 is 0 Å². The number of aliphatic hydroxyl groups excluding tert-OH is 2. The van der Waals surface area contributed by atoms with Crippen LogP contribution in [0.4, 0.5) is 10.2 Å². The molecular weight excluding hydrogens is 389 g/mol. The van der Waals surface area contributed by atoms with Crippen LogP contribution in [0.2, 0.25) is 0 Å². The lowest BCUT2D eigenvalue weighted by Crippen LogP contribution is -2.35. The number of hydrogen-bond donors (Lipinski definition) is 3. The number of likely N-dealkylation sites (N-methyl/N-ethyl adjacent to an activating group) is 1. The molecule has 0 radical (unpaired) electrons. The predicted octanol–water partition coefficient (Wildman–Crippen LogP) is 1.25. The molecule has 2 aliphatic rings. The van der Waals surface area contributed by atoms with Gasteiger partial charge >= 0.3 is 0 Å². The van der Waals surface area contributed by atoms with Gasteiger partial charge in [-0.1, -0.05) is 12.1 Å². The summed E-state index contributed by atoms with van der Waals surface area (Å²) in [6, 6.07) is 5.33. The van der Waals surface area contributed by atoms with Gasteiger partial charge in [-0.25, -0.2) is 14.4 Å². The molecule has 30 heavy (non-hydrogen) atoms. The van der Waals surface area contributed by atoms with Crippen molar-refractivity contribution < 1.29 is 19.3 Å². The first-order valence-electron chi connectivity index (χ1n) is 10.0. The monoisotopic (exact) mass is 413 g/mol. The Morgan fingerprint density at radius 2 is 2.07 bits per heavy atom. The molecule has 0 bridgehead atoms. The van der Waals surface area contributed by atoms with E-state index in [4.69, 9.17) is 10.5 Å². The lowest BCUT2D eigenvalue weighted by Gasteiger charge is -2.28. The number of nitrogens with two attached hydrogens (primary N) is 1. The summed E-state index contributed by atoms with van der Waals surface area (Å²) in [7, 11) is 2.06. The Morgan fingerprint density at radius 1 is 1.23 bits per heavy atom. The van der Waals surface area contributed by atoms with E-state index in [1.807, 2.05) is 12.1 Å². The smallest absolute Gasteiger partial charge is 0.154 e. The third-order valence-corrected chi connectivity index (χ3v) is 6.25. The topological polar surface area (TPSA) is 110 Å². The zero-order valence-corrected chi connectivity index (χ0v) is 16.6. The molecular formula is C21H24FN5O3. The molecule has 1 aliphatic carbocycles. The molecule has 3 aromatic rings. The van der Waals surface area contributed by atoms with Gasteiger partial charge in [-0.15, -0.1) is 0 Å². The van der Waals surface area contributed by atoms with Crippen molar-refractivity contribution in [3.05, 3.63) is 47.7 Å². The third kappa shape index (κ3) is 3.01. The van der Waals surface area contributed by atoms with Gasteiger partial charge in [0.2, 0.25) is 0 Å². The second kappa shape index (κ2) is 7.19. The van der Waals surface area contributed by atoms with E-state index in [9.17, 15) is 14.6 Å². The van der Waals surface area contributed by atoms with E-state index < -0.39 is 30.2 Å². The van der Waals surface area contributed by atoms with Crippen molar-refractivity contribution in [2.45, 2.75) is 43.7 Å². The summed E-state index contributed by atoms with van der Waals surface area (Å²) in [5.41, 5.74) is 8.42. The highest BCUT2D eigenvalue weighted by Gasteiger charge is 2.45. The van der Waals surface area contributed by atoms with Gasteiger partial charge in [0, 0.05) is 31.3 Å². The zero-order valence-electron chi connectivity index (χ0n) is 16.6. The van der Waals surface area contributed by atoms with Crippen molar-refractivity contribution in [3.8, 4) is 5.75 Å². The molecule has 5 rings (SSSR count). The van der Waals surface area contributed by atoms with Crippen molar-refractivity contribution in [2.24, 2.45) is 0 Å². The molecule has 1 saturated carbocycles. The average Bonchev–Trinajstić information content (AvgIpc) is 3.21. The minimum absolute atomic E-state index is 0.0390. The minimum Gasteiger partial charge on any atom is -0.487 e. The maximum absolute atomic E-state index is 14.5. The zero-order chi connectivity index (χ0) is 21.0. The first-order valence-corrected chi connectivity index (χ1v) is 10.0. The summed E-state index contributed by atoms with van der Waals surface area (Å²) in [4.78, 5) is 10.2. The molecule has 4 atom stereocenters. The number of aliphatic hydroxyl groups is 2. The fourth-order valence-corrected chi connectivity index (χ4v) is 4.63. The quantitative estimate of drug-likeness (QED) is 0.593. The number of aromatic nitrogens is 3. The maximum Gasteiger partial charge on any atom is 0.154 e. The second-order valence-electron chi connectivity index (χ2n) is 8.16. The molecule has 8 nitrogen and oxygen atoms in total. The summed E-state index contributed by atoms with van der Waals surface area (Å²) in [5.74, 6) is 0.192. The van der Waals surface area contributed by atoms with E-state index in [2.05, 4.69) is 28.0 Å². The van der Waals surface area contributed by atoms with Crippen LogP contribution < -0.4 is 10.5 Å². The fraction of sp³-hybridized carbons (Fsp3) is 0.429. The first-order chi connectivity index (χ1) is 14.4. The van der Waals surface area contributed by atoms with Gasteiger partial charge in [0.1, 0.15) is 41.9 Å². The molecule has 2 aromatic heterocycles. The lowest BCUT2D eigenvalue weighted by atomic mass is 9.99. The van der Waals surface area contributed by atoms with Gasteiger partial charge in [-0.3, -0.25) is 0 Å². The van der Waals surface area contributed by atoms with Gasteiger partial charge in [-0.2, -0.15) is 0 Å². The molecule has 9 heteroatoms. The van der Waals surface area contributed by atoms with Crippen LogP contribution in [0.1, 0.15) is 23.6 Å². The fourth-order valence-electron chi connectivity index (χ4n) is 4.63. The molecule has 1 aromatic carbocycles. The Hall–Kier alpha value is -2.75. The molecule has 1 fully saturated rings. The van der Waals surface area contributed by atoms with Gasteiger partial charge in [0.05, 0.1) is 11.4 Å². The van der Waals surface area contributed by atoms with Crippen molar-refractivity contribution in [2.75, 3.05) is 19.3 Å². The highest BCUT2D eigenvalue weighted by atomic mass is 19.1. The standard InChI is InChI=1S/C21H24FN5O3/c1-26-6-5-11-3-2-4-15(12(11)8-26)30-16-7-14(18(28)19(16)29)27-9-13(22)17-20(23)24-10-25-21(17)27/h2-4,9-10,14,16,18-19,28-29H,5-8H2,1H3,(H2,23,24,25)/t14-,16+,18+,19-/m1/s1. The number of anilines is 1. The SMILES string of the molecule is CN1CCc2cccc(O[C@H]3C[C@@H](n4cc(F)c5c(N)ncnc54)[C@H](O)[C@@H]3O)c2C1.